The number of halogens is 1. The highest BCUT2D eigenvalue weighted by Gasteiger charge is 2.31. The smallest absolute Gasteiger partial charge is 0.127 e. The number of methoxy groups -OCH3 is 1. The van der Waals surface area contributed by atoms with Crippen molar-refractivity contribution in [1.82, 2.24) is 0 Å². The predicted octanol–water partition coefficient (Wildman–Crippen LogP) is 1.84. The maximum absolute atomic E-state index is 9.81. The Labute approximate surface area is 108 Å². The number of aliphatic hydroxyl groups excluding tert-OH is 1. The zero-order chi connectivity index (χ0) is 12.3. The molecule has 4 N–H and O–H groups in total. The Bertz CT molecular complexity index is 369. The van der Waals surface area contributed by atoms with E-state index in [0.29, 0.717) is 11.3 Å². The van der Waals surface area contributed by atoms with Gasteiger partial charge < -0.3 is 20.7 Å². The lowest BCUT2D eigenvalue weighted by atomic mass is 9.81. The van der Waals surface area contributed by atoms with E-state index in [9.17, 15) is 10.2 Å². The summed E-state index contributed by atoms with van der Waals surface area (Å²) in [4.78, 5) is 0. The number of benzene rings is 1. The fraction of sp³-hybridized carbons (Fsp3) is 0.500. The standard InChI is InChI=1S/C12H19NO3.ClH/c1-12(2,7-14)11(13)10-8(15)5-4-6-9(10)16-3;/h4-6,11,14-15H,7,13H2,1-3H3;1H/t11-;/m0./s1. The van der Waals surface area contributed by atoms with E-state index in [2.05, 4.69) is 0 Å². The molecule has 4 nitrogen and oxygen atoms in total. The number of phenolic OH excluding ortho intramolecular Hbond substituents is 1. The molecular formula is C12H20ClNO3. The molecule has 0 radical (unpaired) electrons. The van der Waals surface area contributed by atoms with Crippen molar-refractivity contribution in [3.63, 3.8) is 0 Å². The van der Waals surface area contributed by atoms with Gasteiger partial charge in [0.1, 0.15) is 11.5 Å². The average Bonchev–Trinajstić information content (AvgIpc) is 2.27. The number of aliphatic hydroxyl groups is 1. The quantitative estimate of drug-likeness (QED) is 0.773. The molecule has 0 amide bonds. The summed E-state index contributed by atoms with van der Waals surface area (Å²) in [7, 11) is 1.52. The van der Waals surface area contributed by atoms with E-state index in [1.807, 2.05) is 13.8 Å². The average molecular weight is 262 g/mol. The van der Waals surface area contributed by atoms with E-state index < -0.39 is 11.5 Å². The van der Waals surface area contributed by atoms with Crippen LogP contribution in [0.2, 0.25) is 0 Å². The van der Waals surface area contributed by atoms with Gasteiger partial charge in [-0.15, -0.1) is 12.4 Å². The molecule has 0 saturated carbocycles. The number of rotatable bonds is 4. The third kappa shape index (κ3) is 3.25. The van der Waals surface area contributed by atoms with E-state index in [0.717, 1.165) is 0 Å². The van der Waals surface area contributed by atoms with Crippen LogP contribution in [0, 0.1) is 5.41 Å². The van der Waals surface area contributed by atoms with Crippen molar-refractivity contribution in [2.75, 3.05) is 13.7 Å². The van der Waals surface area contributed by atoms with Gasteiger partial charge >= 0.3 is 0 Å². The Hall–Kier alpha value is -0.970. The molecule has 1 rings (SSSR count). The number of nitrogens with two attached hydrogens (primary N) is 1. The van der Waals surface area contributed by atoms with Gasteiger partial charge in [-0.2, -0.15) is 0 Å². The van der Waals surface area contributed by atoms with E-state index in [1.165, 1.54) is 7.11 Å². The molecule has 5 heteroatoms. The molecule has 1 aromatic carbocycles. The summed E-state index contributed by atoms with van der Waals surface area (Å²) in [6.07, 6.45) is 0. The number of ether oxygens (including phenoxy) is 1. The molecule has 0 saturated heterocycles. The first-order valence-electron chi connectivity index (χ1n) is 5.16. The van der Waals surface area contributed by atoms with Crippen molar-refractivity contribution < 1.29 is 14.9 Å². The topological polar surface area (TPSA) is 75.7 Å². The van der Waals surface area contributed by atoms with Crippen LogP contribution in [0.15, 0.2) is 18.2 Å². The Balaban J connectivity index is 0.00000256. The molecule has 0 aliphatic heterocycles. The monoisotopic (exact) mass is 261 g/mol. The molecule has 0 unspecified atom stereocenters. The second kappa shape index (κ2) is 6.10. The van der Waals surface area contributed by atoms with Crippen LogP contribution in [0.4, 0.5) is 0 Å². The van der Waals surface area contributed by atoms with Crippen molar-refractivity contribution in [2.45, 2.75) is 19.9 Å². The van der Waals surface area contributed by atoms with Crippen LogP contribution in [0.1, 0.15) is 25.5 Å². The lowest BCUT2D eigenvalue weighted by Gasteiger charge is -2.31. The molecular weight excluding hydrogens is 242 g/mol. The molecule has 0 aliphatic rings. The van der Waals surface area contributed by atoms with E-state index in [1.54, 1.807) is 18.2 Å². The summed E-state index contributed by atoms with van der Waals surface area (Å²) < 4.78 is 5.17. The van der Waals surface area contributed by atoms with Crippen LogP contribution < -0.4 is 10.5 Å². The highest BCUT2D eigenvalue weighted by molar-refractivity contribution is 5.85. The first-order valence-corrected chi connectivity index (χ1v) is 5.16. The van der Waals surface area contributed by atoms with Gasteiger partial charge in [0.2, 0.25) is 0 Å². The van der Waals surface area contributed by atoms with Crippen LogP contribution in [0.3, 0.4) is 0 Å². The molecule has 0 fully saturated rings. The number of hydrogen-bond acceptors (Lipinski definition) is 4. The normalized spacial score (nSPS) is 12.8. The summed E-state index contributed by atoms with van der Waals surface area (Å²) in [5, 5.41) is 19.1. The van der Waals surface area contributed by atoms with Crippen LogP contribution in [-0.4, -0.2) is 23.9 Å². The van der Waals surface area contributed by atoms with Crippen molar-refractivity contribution in [1.29, 1.82) is 0 Å². The zero-order valence-corrected chi connectivity index (χ0v) is 11.1. The van der Waals surface area contributed by atoms with Gasteiger partial charge in [0.15, 0.2) is 0 Å². The minimum Gasteiger partial charge on any atom is -0.507 e. The van der Waals surface area contributed by atoms with Crippen LogP contribution >= 0.6 is 12.4 Å². The predicted molar refractivity (Wildman–Crippen MR) is 69.7 cm³/mol. The van der Waals surface area contributed by atoms with Crippen molar-refractivity contribution in [3.05, 3.63) is 23.8 Å². The lowest BCUT2D eigenvalue weighted by Crippen LogP contribution is -2.32. The largest absolute Gasteiger partial charge is 0.507 e. The molecule has 17 heavy (non-hydrogen) atoms. The highest BCUT2D eigenvalue weighted by Crippen LogP contribution is 2.40. The van der Waals surface area contributed by atoms with Crippen LogP contribution in [0.5, 0.6) is 11.5 Å². The lowest BCUT2D eigenvalue weighted by molar-refractivity contribution is 0.130. The third-order valence-corrected chi connectivity index (χ3v) is 2.82. The van der Waals surface area contributed by atoms with Gasteiger partial charge in [-0.3, -0.25) is 0 Å². The molecule has 98 valence electrons. The summed E-state index contributed by atoms with van der Waals surface area (Å²) >= 11 is 0. The maximum Gasteiger partial charge on any atom is 0.127 e. The van der Waals surface area contributed by atoms with Crippen molar-refractivity contribution in [3.8, 4) is 11.5 Å². The molecule has 0 aliphatic carbocycles. The van der Waals surface area contributed by atoms with Gasteiger partial charge in [0.05, 0.1) is 12.7 Å². The second-order valence-corrected chi connectivity index (χ2v) is 4.52. The Morgan fingerprint density at radius 1 is 1.41 bits per heavy atom. The Morgan fingerprint density at radius 3 is 2.47 bits per heavy atom. The van der Waals surface area contributed by atoms with E-state index in [-0.39, 0.29) is 24.8 Å². The molecule has 1 atom stereocenters. The SMILES string of the molecule is COc1cccc(O)c1[C@H](N)C(C)(C)CO.Cl. The first-order chi connectivity index (χ1) is 7.44. The van der Waals surface area contributed by atoms with Crippen molar-refractivity contribution in [2.24, 2.45) is 11.1 Å². The summed E-state index contributed by atoms with van der Waals surface area (Å²) in [5.74, 6) is 0.627. The molecule has 0 bridgehead atoms. The Kier molecular flexibility index (Phi) is 5.75. The summed E-state index contributed by atoms with van der Waals surface area (Å²) in [5.41, 5.74) is 6.07. The van der Waals surface area contributed by atoms with Gasteiger partial charge in [-0.05, 0) is 12.1 Å². The van der Waals surface area contributed by atoms with E-state index in [4.69, 9.17) is 10.5 Å². The zero-order valence-electron chi connectivity index (χ0n) is 10.3. The minimum absolute atomic E-state index is 0. The molecule has 0 spiro atoms. The summed E-state index contributed by atoms with van der Waals surface area (Å²) in [6.45, 7) is 3.61. The van der Waals surface area contributed by atoms with Gasteiger partial charge in [-0.25, -0.2) is 0 Å². The first kappa shape index (κ1) is 16.0. The fourth-order valence-electron chi connectivity index (χ4n) is 1.51. The minimum atomic E-state index is -0.522. The van der Waals surface area contributed by atoms with Crippen LogP contribution in [-0.2, 0) is 0 Å². The molecule has 1 aromatic rings. The highest BCUT2D eigenvalue weighted by atomic mass is 35.5. The van der Waals surface area contributed by atoms with Crippen LogP contribution in [0.25, 0.3) is 0 Å². The van der Waals surface area contributed by atoms with Gasteiger partial charge in [0.25, 0.3) is 0 Å². The van der Waals surface area contributed by atoms with Gasteiger partial charge in [-0.1, -0.05) is 19.9 Å². The fourth-order valence-corrected chi connectivity index (χ4v) is 1.51. The number of aromatic hydroxyl groups is 1. The Morgan fingerprint density at radius 2 is 2.00 bits per heavy atom. The van der Waals surface area contributed by atoms with Crippen molar-refractivity contribution >= 4 is 12.4 Å². The van der Waals surface area contributed by atoms with Gasteiger partial charge in [0, 0.05) is 18.1 Å². The number of phenols is 1. The second-order valence-electron chi connectivity index (χ2n) is 4.52. The third-order valence-electron chi connectivity index (χ3n) is 2.82. The molecule has 0 heterocycles. The number of hydrogen-bond donors (Lipinski definition) is 3. The summed E-state index contributed by atoms with van der Waals surface area (Å²) in [6, 6.07) is 4.50. The van der Waals surface area contributed by atoms with E-state index >= 15 is 0 Å². The molecule has 0 aromatic heterocycles. The maximum atomic E-state index is 9.81.